The number of hydrogen-bond donors (Lipinski definition) is 2. The van der Waals surface area contributed by atoms with Crippen LogP contribution in [0.1, 0.15) is 18.9 Å². The molecule has 0 bridgehead atoms. The van der Waals surface area contributed by atoms with E-state index in [0.717, 1.165) is 10.0 Å². The quantitative estimate of drug-likeness (QED) is 0.424. The molecule has 2 rings (SSSR count). The van der Waals surface area contributed by atoms with Crippen molar-refractivity contribution in [2.45, 2.75) is 20.3 Å². The molecule has 2 aromatic rings. The van der Waals surface area contributed by atoms with Crippen LogP contribution in [0.4, 0.5) is 5.69 Å². The van der Waals surface area contributed by atoms with Gasteiger partial charge in [-0.2, -0.15) is 5.10 Å². The zero-order valence-corrected chi connectivity index (χ0v) is 18.8. The van der Waals surface area contributed by atoms with Crippen molar-refractivity contribution in [1.29, 1.82) is 0 Å². The van der Waals surface area contributed by atoms with Crippen molar-refractivity contribution < 1.29 is 23.8 Å². The molecule has 0 unspecified atom stereocenters. The Morgan fingerprint density at radius 3 is 2.47 bits per heavy atom. The summed E-state index contributed by atoms with van der Waals surface area (Å²) in [5, 5.41) is 6.68. The maximum absolute atomic E-state index is 12.2. The smallest absolute Gasteiger partial charge is 0.277 e. The standard InChI is InChI=1S/C21H24BrN3O5/c1-13-5-8-18(16(22)9-13)30-12-21(27)25-24-14(2)10-20(26)23-17-7-6-15(28-3)11-19(17)29-4/h5-9,11H,10,12H2,1-4H3,(H,23,26)(H,25,27)/b24-14+. The Morgan fingerprint density at radius 1 is 1.03 bits per heavy atom. The molecule has 0 aliphatic heterocycles. The van der Waals surface area contributed by atoms with Crippen LogP contribution >= 0.6 is 15.9 Å². The normalized spacial score (nSPS) is 10.9. The summed E-state index contributed by atoms with van der Waals surface area (Å²) in [5.41, 5.74) is 4.40. The fourth-order valence-corrected chi connectivity index (χ4v) is 3.03. The topological polar surface area (TPSA) is 98.2 Å². The highest BCUT2D eigenvalue weighted by Gasteiger charge is 2.11. The number of rotatable bonds is 9. The molecule has 2 N–H and O–H groups in total. The number of hydrazone groups is 1. The molecule has 8 nitrogen and oxygen atoms in total. The fourth-order valence-electron chi connectivity index (χ4n) is 2.42. The number of anilines is 1. The second kappa shape index (κ2) is 11.2. The van der Waals surface area contributed by atoms with Crippen molar-refractivity contribution in [2.75, 3.05) is 26.1 Å². The first-order chi connectivity index (χ1) is 14.3. The molecule has 0 aromatic heterocycles. The first-order valence-corrected chi connectivity index (χ1v) is 9.84. The van der Waals surface area contributed by atoms with Crippen LogP contribution < -0.4 is 25.0 Å². The monoisotopic (exact) mass is 477 g/mol. The largest absolute Gasteiger partial charge is 0.497 e. The zero-order valence-electron chi connectivity index (χ0n) is 17.2. The molecule has 30 heavy (non-hydrogen) atoms. The van der Waals surface area contributed by atoms with E-state index in [-0.39, 0.29) is 18.9 Å². The molecule has 2 aromatic carbocycles. The van der Waals surface area contributed by atoms with Crippen molar-refractivity contribution in [1.82, 2.24) is 5.43 Å². The molecule has 9 heteroatoms. The Hall–Kier alpha value is -3.07. The third kappa shape index (κ3) is 7.07. The molecule has 0 radical (unpaired) electrons. The highest BCUT2D eigenvalue weighted by atomic mass is 79.9. The maximum Gasteiger partial charge on any atom is 0.277 e. The summed E-state index contributed by atoms with van der Waals surface area (Å²) in [5.74, 6) is 0.923. The number of carbonyl (C=O) groups excluding carboxylic acids is 2. The Bertz CT molecular complexity index is 946. The van der Waals surface area contributed by atoms with E-state index in [9.17, 15) is 9.59 Å². The Morgan fingerprint density at radius 2 is 1.80 bits per heavy atom. The molecule has 0 atom stereocenters. The van der Waals surface area contributed by atoms with Crippen LogP contribution in [0.15, 0.2) is 46.0 Å². The Kier molecular flexibility index (Phi) is 8.67. The van der Waals surface area contributed by atoms with Crippen LogP contribution in [-0.4, -0.2) is 38.4 Å². The van der Waals surface area contributed by atoms with Crippen LogP contribution in [-0.2, 0) is 9.59 Å². The SMILES string of the molecule is COc1ccc(NC(=O)C/C(C)=N/NC(=O)COc2ccc(C)cc2Br)c(OC)c1. The average Bonchev–Trinajstić information content (AvgIpc) is 2.71. The summed E-state index contributed by atoms with van der Waals surface area (Å²) in [7, 11) is 3.05. The number of hydrogen-bond acceptors (Lipinski definition) is 6. The number of amides is 2. The minimum Gasteiger partial charge on any atom is -0.497 e. The third-order valence-electron chi connectivity index (χ3n) is 3.92. The summed E-state index contributed by atoms with van der Waals surface area (Å²) >= 11 is 3.39. The first-order valence-electron chi connectivity index (χ1n) is 9.05. The lowest BCUT2D eigenvalue weighted by Gasteiger charge is -2.11. The molecule has 0 aliphatic rings. The number of nitrogens with one attached hydrogen (secondary N) is 2. The predicted molar refractivity (Wildman–Crippen MR) is 118 cm³/mol. The average molecular weight is 478 g/mol. The fraction of sp³-hybridized carbons (Fsp3) is 0.286. The summed E-state index contributed by atoms with van der Waals surface area (Å²) in [6.45, 7) is 3.40. The van der Waals surface area contributed by atoms with Crippen LogP contribution in [0.5, 0.6) is 17.2 Å². The van der Waals surface area contributed by atoms with E-state index in [1.807, 2.05) is 19.1 Å². The van der Waals surface area contributed by atoms with Gasteiger partial charge in [0.1, 0.15) is 17.2 Å². The Balaban J connectivity index is 1.84. The summed E-state index contributed by atoms with van der Waals surface area (Å²) < 4.78 is 16.6. The van der Waals surface area contributed by atoms with E-state index in [0.29, 0.717) is 28.6 Å². The van der Waals surface area contributed by atoms with Gasteiger partial charge in [0.05, 0.1) is 30.8 Å². The van der Waals surface area contributed by atoms with E-state index < -0.39 is 5.91 Å². The van der Waals surface area contributed by atoms with Crippen molar-refractivity contribution in [2.24, 2.45) is 5.10 Å². The van der Waals surface area contributed by atoms with E-state index in [1.54, 1.807) is 38.3 Å². The van der Waals surface area contributed by atoms with Crippen LogP contribution in [0.3, 0.4) is 0 Å². The number of halogens is 1. The predicted octanol–water partition coefficient (Wildman–Crippen LogP) is 3.67. The molecule has 0 aliphatic carbocycles. The second-order valence-electron chi connectivity index (χ2n) is 6.40. The number of methoxy groups -OCH3 is 2. The van der Waals surface area contributed by atoms with E-state index >= 15 is 0 Å². The Labute approximate surface area is 183 Å². The molecule has 0 spiro atoms. The highest BCUT2D eigenvalue weighted by molar-refractivity contribution is 9.10. The molecule has 0 fully saturated rings. The lowest BCUT2D eigenvalue weighted by molar-refractivity contribution is -0.123. The lowest BCUT2D eigenvalue weighted by Crippen LogP contribution is -2.26. The van der Waals surface area contributed by atoms with Gasteiger partial charge in [-0.05, 0) is 59.6 Å². The van der Waals surface area contributed by atoms with Gasteiger partial charge >= 0.3 is 0 Å². The van der Waals surface area contributed by atoms with Crippen LogP contribution in [0.25, 0.3) is 0 Å². The van der Waals surface area contributed by atoms with Crippen molar-refractivity contribution in [3.8, 4) is 17.2 Å². The van der Waals surface area contributed by atoms with Gasteiger partial charge in [0.2, 0.25) is 5.91 Å². The highest BCUT2D eigenvalue weighted by Crippen LogP contribution is 2.29. The number of nitrogens with zero attached hydrogens (tertiary/aromatic N) is 1. The van der Waals surface area contributed by atoms with Crippen molar-refractivity contribution >= 4 is 39.1 Å². The van der Waals surface area contributed by atoms with E-state index in [4.69, 9.17) is 14.2 Å². The van der Waals surface area contributed by atoms with Gasteiger partial charge < -0.3 is 19.5 Å². The van der Waals surface area contributed by atoms with Gasteiger partial charge in [-0.1, -0.05) is 6.07 Å². The number of benzene rings is 2. The van der Waals surface area contributed by atoms with Gasteiger partial charge in [-0.25, -0.2) is 5.43 Å². The van der Waals surface area contributed by atoms with Crippen molar-refractivity contribution in [3.05, 3.63) is 46.4 Å². The molecule has 2 amide bonds. The number of carbonyl (C=O) groups is 2. The first kappa shape index (κ1) is 23.2. The van der Waals surface area contributed by atoms with Crippen LogP contribution in [0, 0.1) is 6.92 Å². The molecular weight excluding hydrogens is 454 g/mol. The third-order valence-corrected chi connectivity index (χ3v) is 4.54. The summed E-state index contributed by atoms with van der Waals surface area (Å²) in [6, 6.07) is 10.6. The van der Waals surface area contributed by atoms with Gasteiger partial charge in [0.15, 0.2) is 6.61 Å². The van der Waals surface area contributed by atoms with Crippen LogP contribution in [0.2, 0.25) is 0 Å². The van der Waals surface area contributed by atoms with E-state index in [1.165, 1.54) is 7.11 Å². The lowest BCUT2D eigenvalue weighted by atomic mass is 10.2. The second-order valence-corrected chi connectivity index (χ2v) is 7.25. The zero-order chi connectivity index (χ0) is 22.1. The minimum atomic E-state index is -0.431. The van der Waals surface area contributed by atoms with Gasteiger partial charge in [0.25, 0.3) is 5.91 Å². The molecule has 160 valence electrons. The molecule has 0 saturated heterocycles. The van der Waals surface area contributed by atoms with Crippen molar-refractivity contribution in [3.63, 3.8) is 0 Å². The number of aryl methyl sites for hydroxylation is 1. The van der Waals surface area contributed by atoms with Gasteiger partial charge in [-0.15, -0.1) is 0 Å². The number of ether oxygens (including phenoxy) is 3. The minimum absolute atomic E-state index is 0.000168. The maximum atomic E-state index is 12.2. The van der Waals surface area contributed by atoms with E-state index in [2.05, 4.69) is 31.8 Å². The molecule has 0 saturated carbocycles. The van der Waals surface area contributed by atoms with Gasteiger partial charge in [0, 0.05) is 11.8 Å². The molecular formula is C21H24BrN3O5. The summed E-state index contributed by atoms with van der Waals surface area (Å²) in [6.07, 6.45) is -0.000168. The van der Waals surface area contributed by atoms with Gasteiger partial charge in [-0.3, -0.25) is 9.59 Å². The summed E-state index contributed by atoms with van der Waals surface area (Å²) in [4.78, 5) is 24.2. The molecule has 0 heterocycles.